The monoisotopic (exact) mass is 798 g/mol. The molecule has 0 fully saturated rings. The average Bonchev–Trinajstić information content (AvgIpc) is 3.88. The van der Waals surface area contributed by atoms with E-state index in [-0.39, 0.29) is 0 Å². The topological polar surface area (TPSA) is 17.8 Å². The number of hydrogen-bond acceptors (Lipinski definition) is 1. The standard InChI is InChI=1S/C61H38N2/c1-5-16-39(17-6-1)51-36-53-54(37-52(51)40-18-7-2-8-19-40)58(43-22-11-4-12-23-43)61-50-33-32-45(48-25-15-26-49(59(48)50)60(61)57(53)42-20-9-3-10-21-42)41-28-30-44(31-29-41)63-55-27-14-13-24-46(55)47-34-35-62-38-56(47)63/h1-38H. The van der Waals surface area contributed by atoms with Gasteiger partial charge in [-0.1, -0.05) is 182 Å². The van der Waals surface area contributed by atoms with Crippen LogP contribution in [0.3, 0.4) is 0 Å². The molecular formula is C61H38N2. The lowest BCUT2D eigenvalue weighted by Gasteiger charge is -2.23. The molecule has 0 amide bonds. The lowest BCUT2D eigenvalue weighted by atomic mass is 9.80. The molecule has 1 aliphatic carbocycles. The van der Waals surface area contributed by atoms with Crippen molar-refractivity contribution in [3.63, 3.8) is 0 Å². The highest BCUT2D eigenvalue weighted by molar-refractivity contribution is 6.29. The van der Waals surface area contributed by atoms with Crippen molar-refractivity contribution in [1.29, 1.82) is 0 Å². The SMILES string of the molecule is c1ccc(-c2cc3c(-c4ccccc4)c4c(c(-c5ccccc5)c3cc2-c2ccccc2)-c2ccc(-c3ccc(-n5c6ccccc6c6ccncc65)cc3)c3cccc-4c23)cc1. The third kappa shape index (κ3) is 5.41. The van der Waals surface area contributed by atoms with E-state index in [2.05, 4.69) is 228 Å². The summed E-state index contributed by atoms with van der Waals surface area (Å²) in [4.78, 5) is 4.52. The van der Waals surface area contributed by atoms with E-state index in [0.29, 0.717) is 0 Å². The fraction of sp³-hybridized carbons (Fsp3) is 0. The second-order valence-corrected chi connectivity index (χ2v) is 16.6. The summed E-state index contributed by atoms with van der Waals surface area (Å²) in [6.07, 6.45) is 3.86. The number of aromatic nitrogens is 2. The maximum Gasteiger partial charge on any atom is 0.0724 e. The minimum Gasteiger partial charge on any atom is -0.308 e. The highest BCUT2D eigenvalue weighted by Gasteiger charge is 2.32. The Kier molecular flexibility index (Phi) is 7.94. The van der Waals surface area contributed by atoms with Crippen LogP contribution in [0.4, 0.5) is 0 Å². The predicted octanol–water partition coefficient (Wildman–Crippen LogP) is 16.5. The van der Waals surface area contributed by atoms with Crippen molar-refractivity contribution in [3.8, 4) is 83.6 Å². The van der Waals surface area contributed by atoms with Gasteiger partial charge in [0.2, 0.25) is 0 Å². The summed E-state index contributed by atoms with van der Waals surface area (Å²) in [6.45, 7) is 0. The van der Waals surface area contributed by atoms with Crippen LogP contribution >= 0.6 is 0 Å². The van der Waals surface area contributed by atoms with E-state index >= 15 is 0 Å². The second-order valence-electron chi connectivity index (χ2n) is 16.6. The second kappa shape index (κ2) is 14.1. The summed E-state index contributed by atoms with van der Waals surface area (Å²) in [7, 11) is 0. The van der Waals surface area contributed by atoms with Crippen LogP contribution in [0.1, 0.15) is 0 Å². The van der Waals surface area contributed by atoms with Crippen LogP contribution in [0.25, 0.3) is 127 Å². The van der Waals surface area contributed by atoms with Crippen LogP contribution in [0.15, 0.2) is 231 Å². The van der Waals surface area contributed by atoms with E-state index < -0.39 is 0 Å². The van der Waals surface area contributed by atoms with Crippen LogP contribution in [0.5, 0.6) is 0 Å². The Morgan fingerprint density at radius 3 is 1.37 bits per heavy atom. The Bertz CT molecular complexity index is 3550. The summed E-state index contributed by atoms with van der Waals surface area (Å²) in [6, 6.07) is 80.3. The Morgan fingerprint density at radius 1 is 0.286 bits per heavy atom. The van der Waals surface area contributed by atoms with Gasteiger partial charge in [-0.05, 0) is 136 Å². The van der Waals surface area contributed by atoms with Gasteiger partial charge < -0.3 is 4.57 Å². The first-order valence-corrected chi connectivity index (χ1v) is 21.7. The molecule has 0 saturated heterocycles. The lowest BCUT2D eigenvalue weighted by molar-refractivity contribution is 1.17. The number of benzene rings is 10. The van der Waals surface area contributed by atoms with Gasteiger partial charge in [-0.15, -0.1) is 0 Å². The average molecular weight is 799 g/mol. The number of rotatable bonds is 6. The summed E-state index contributed by atoms with van der Waals surface area (Å²) in [5, 5.41) is 7.50. The molecule has 0 N–H and O–H groups in total. The Labute approximate surface area is 365 Å². The highest BCUT2D eigenvalue weighted by Crippen LogP contribution is 2.59. The summed E-state index contributed by atoms with van der Waals surface area (Å²) in [5.74, 6) is 0. The molecule has 0 saturated carbocycles. The molecule has 2 heteroatoms. The van der Waals surface area contributed by atoms with E-state index in [0.717, 1.165) is 11.2 Å². The maximum atomic E-state index is 4.52. The van der Waals surface area contributed by atoms with E-state index in [1.54, 1.807) is 0 Å². The largest absolute Gasteiger partial charge is 0.308 e. The van der Waals surface area contributed by atoms with Crippen LogP contribution in [0, 0.1) is 0 Å². The Balaban J connectivity index is 1.09. The molecule has 2 aromatic heterocycles. The quantitative estimate of drug-likeness (QED) is 0.164. The molecule has 13 rings (SSSR count). The molecular weight excluding hydrogens is 761 g/mol. The molecule has 0 aliphatic heterocycles. The highest BCUT2D eigenvalue weighted by atomic mass is 15.0. The van der Waals surface area contributed by atoms with Gasteiger partial charge in [0.1, 0.15) is 0 Å². The van der Waals surface area contributed by atoms with Crippen molar-refractivity contribution in [3.05, 3.63) is 231 Å². The Hall–Kier alpha value is -8.33. The molecule has 12 aromatic rings. The van der Waals surface area contributed by atoms with Gasteiger partial charge in [-0.2, -0.15) is 0 Å². The summed E-state index contributed by atoms with van der Waals surface area (Å²) < 4.78 is 2.33. The first kappa shape index (κ1) is 35.4. The molecule has 63 heavy (non-hydrogen) atoms. The van der Waals surface area contributed by atoms with Gasteiger partial charge in [0.25, 0.3) is 0 Å². The molecule has 10 aromatic carbocycles. The number of para-hydroxylation sites is 1. The minimum absolute atomic E-state index is 1.11. The van der Waals surface area contributed by atoms with E-state index in [1.165, 1.54) is 116 Å². The summed E-state index contributed by atoms with van der Waals surface area (Å²) >= 11 is 0. The number of hydrogen-bond donors (Lipinski definition) is 0. The Morgan fingerprint density at radius 2 is 0.762 bits per heavy atom. The van der Waals surface area contributed by atoms with Gasteiger partial charge in [0, 0.05) is 22.7 Å². The first-order chi connectivity index (χ1) is 31.3. The molecule has 0 bridgehead atoms. The van der Waals surface area contributed by atoms with Crippen molar-refractivity contribution >= 4 is 43.4 Å². The third-order valence-corrected chi connectivity index (χ3v) is 13.2. The smallest absolute Gasteiger partial charge is 0.0724 e. The fourth-order valence-electron chi connectivity index (χ4n) is 10.6. The van der Waals surface area contributed by atoms with Gasteiger partial charge >= 0.3 is 0 Å². The van der Waals surface area contributed by atoms with Crippen molar-refractivity contribution < 1.29 is 0 Å². The number of fused-ring (bicyclic) bond motifs is 7. The minimum atomic E-state index is 1.11. The fourth-order valence-corrected chi connectivity index (χ4v) is 10.6. The maximum absolute atomic E-state index is 4.52. The van der Waals surface area contributed by atoms with Crippen LogP contribution < -0.4 is 0 Å². The van der Waals surface area contributed by atoms with Crippen LogP contribution in [-0.2, 0) is 0 Å². The van der Waals surface area contributed by atoms with Crippen molar-refractivity contribution in [2.75, 3.05) is 0 Å². The molecule has 2 nitrogen and oxygen atoms in total. The normalized spacial score (nSPS) is 11.8. The molecule has 2 heterocycles. The van der Waals surface area contributed by atoms with E-state index in [1.807, 2.05) is 12.4 Å². The molecule has 0 radical (unpaired) electrons. The summed E-state index contributed by atoms with van der Waals surface area (Å²) in [5.41, 5.74) is 20.8. The van der Waals surface area contributed by atoms with Gasteiger partial charge in [0.15, 0.2) is 0 Å². The lowest BCUT2D eigenvalue weighted by Crippen LogP contribution is -1.96. The van der Waals surface area contributed by atoms with Crippen LogP contribution in [-0.4, -0.2) is 9.55 Å². The van der Waals surface area contributed by atoms with Crippen LogP contribution in [0.2, 0.25) is 0 Å². The molecule has 0 atom stereocenters. The molecule has 0 spiro atoms. The van der Waals surface area contributed by atoms with Gasteiger partial charge in [0.05, 0.1) is 17.2 Å². The first-order valence-electron chi connectivity index (χ1n) is 21.7. The van der Waals surface area contributed by atoms with E-state index in [4.69, 9.17) is 0 Å². The van der Waals surface area contributed by atoms with Crippen molar-refractivity contribution in [1.82, 2.24) is 9.55 Å². The third-order valence-electron chi connectivity index (χ3n) is 13.2. The number of nitrogens with zero attached hydrogens (tertiary/aromatic N) is 2. The van der Waals surface area contributed by atoms with Crippen molar-refractivity contribution in [2.45, 2.75) is 0 Å². The molecule has 0 unspecified atom stereocenters. The zero-order valence-electron chi connectivity index (χ0n) is 34.3. The molecule has 1 aliphatic rings. The zero-order chi connectivity index (χ0) is 41.4. The molecule has 292 valence electrons. The van der Waals surface area contributed by atoms with Crippen molar-refractivity contribution in [2.24, 2.45) is 0 Å². The van der Waals surface area contributed by atoms with E-state index in [9.17, 15) is 0 Å². The predicted molar refractivity (Wildman–Crippen MR) is 265 cm³/mol. The van der Waals surface area contributed by atoms with Gasteiger partial charge in [-0.25, -0.2) is 0 Å². The number of pyridine rings is 1. The zero-order valence-corrected chi connectivity index (χ0v) is 34.3. The van der Waals surface area contributed by atoms with Gasteiger partial charge in [-0.3, -0.25) is 4.98 Å².